The second-order valence-corrected chi connectivity index (χ2v) is 14.8. The normalized spacial score (nSPS) is 12.7. The summed E-state index contributed by atoms with van der Waals surface area (Å²) in [6.45, 7) is 6.75. The molecule has 5 nitrogen and oxygen atoms in total. The summed E-state index contributed by atoms with van der Waals surface area (Å²) in [4.78, 5) is 25.5. The van der Waals surface area contributed by atoms with Gasteiger partial charge in [-0.25, -0.2) is 0 Å². The molecular weight excluding hydrogens is 580 g/mol. The lowest BCUT2D eigenvalue weighted by Gasteiger charge is -2.22. The van der Waals surface area contributed by atoms with E-state index in [1.165, 1.54) is 154 Å². The van der Waals surface area contributed by atoms with E-state index in [9.17, 15) is 14.7 Å². The zero-order chi connectivity index (χ0) is 34.5. The van der Waals surface area contributed by atoms with Gasteiger partial charge in [-0.3, -0.25) is 9.59 Å². The van der Waals surface area contributed by atoms with Crippen LogP contribution in [0, 0.1) is 0 Å². The van der Waals surface area contributed by atoms with E-state index in [1.807, 2.05) is 0 Å². The summed E-state index contributed by atoms with van der Waals surface area (Å²) in [7, 11) is 0. The van der Waals surface area contributed by atoms with Crippen LogP contribution < -0.4 is 10.6 Å². The number of unbranched alkanes of at least 4 members (excludes halogenated alkanes) is 26. The van der Waals surface area contributed by atoms with Crippen LogP contribution >= 0.6 is 0 Å². The molecule has 0 fully saturated rings. The van der Waals surface area contributed by atoms with E-state index in [1.54, 1.807) is 0 Å². The van der Waals surface area contributed by atoms with Gasteiger partial charge >= 0.3 is 0 Å². The Balaban J connectivity index is 4.32. The van der Waals surface area contributed by atoms with Gasteiger partial charge in [-0.1, -0.05) is 194 Å². The van der Waals surface area contributed by atoms with Crippen LogP contribution in [0.5, 0.6) is 0 Å². The Bertz CT molecular complexity index is 656. The predicted octanol–water partition coefficient (Wildman–Crippen LogP) is 12.3. The highest BCUT2D eigenvalue weighted by Crippen LogP contribution is 2.16. The third kappa shape index (κ3) is 34.6. The van der Waals surface area contributed by atoms with E-state index in [2.05, 4.69) is 31.4 Å². The van der Waals surface area contributed by atoms with Crippen molar-refractivity contribution in [2.24, 2.45) is 0 Å². The molecule has 0 saturated carbocycles. The molecule has 0 aromatic carbocycles. The van der Waals surface area contributed by atoms with E-state index < -0.39 is 0 Å². The monoisotopic (exact) mass is 665 g/mol. The Morgan fingerprint density at radius 2 is 0.660 bits per heavy atom. The number of hydrogen-bond acceptors (Lipinski definition) is 3. The molecule has 1 unspecified atom stereocenters. The maximum atomic E-state index is 12.9. The summed E-state index contributed by atoms with van der Waals surface area (Å²) >= 11 is 0. The van der Waals surface area contributed by atoms with Gasteiger partial charge in [-0.05, 0) is 32.1 Å². The molecule has 0 saturated heterocycles. The van der Waals surface area contributed by atoms with Crippen LogP contribution in [0.1, 0.15) is 239 Å². The first-order chi connectivity index (χ1) is 23.1. The second-order valence-electron chi connectivity index (χ2n) is 14.8. The fourth-order valence-corrected chi connectivity index (χ4v) is 6.75. The first kappa shape index (κ1) is 45.9. The van der Waals surface area contributed by atoms with Gasteiger partial charge in [0.2, 0.25) is 11.8 Å². The summed E-state index contributed by atoms with van der Waals surface area (Å²) in [5, 5.41) is 16.4. The number of amides is 2. The molecular formula is C42H84N2O3. The van der Waals surface area contributed by atoms with Crippen molar-refractivity contribution in [1.29, 1.82) is 0 Å². The molecule has 0 aliphatic carbocycles. The number of carbonyl (C=O) groups is 2. The van der Waals surface area contributed by atoms with Crippen LogP contribution in [0.3, 0.4) is 0 Å². The minimum atomic E-state index is -0.227. The SMILES string of the molecule is CCCCCCCCCCCCCC(=O)NC(CCCCCCCCC)CC[C@H](CO)NC(=O)CCCCCCCCCCCCC. The zero-order valence-corrected chi connectivity index (χ0v) is 32.2. The number of hydrogen-bond donors (Lipinski definition) is 3. The predicted molar refractivity (Wildman–Crippen MR) is 205 cm³/mol. The molecule has 280 valence electrons. The van der Waals surface area contributed by atoms with Crippen molar-refractivity contribution in [3.8, 4) is 0 Å². The van der Waals surface area contributed by atoms with Crippen molar-refractivity contribution >= 4 is 11.8 Å². The van der Waals surface area contributed by atoms with Crippen LogP contribution in [-0.4, -0.2) is 35.6 Å². The molecule has 3 N–H and O–H groups in total. The second kappa shape index (κ2) is 37.7. The number of carbonyl (C=O) groups excluding carboxylic acids is 2. The van der Waals surface area contributed by atoms with Crippen molar-refractivity contribution in [2.45, 2.75) is 251 Å². The van der Waals surface area contributed by atoms with Gasteiger partial charge < -0.3 is 15.7 Å². The van der Waals surface area contributed by atoms with Crippen molar-refractivity contribution < 1.29 is 14.7 Å². The molecule has 0 aliphatic rings. The van der Waals surface area contributed by atoms with Gasteiger partial charge in [0.1, 0.15) is 0 Å². The van der Waals surface area contributed by atoms with Gasteiger partial charge in [0.15, 0.2) is 0 Å². The highest BCUT2D eigenvalue weighted by molar-refractivity contribution is 5.76. The fourth-order valence-electron chi connectivity index (χ4n) is 6.75. The molecule has 0 aromatic rings. The Labute approximate surface area is 294 Å². The third-order valence-electron chi connectivity index (χ3n) is 9.99. The molecule has 47 heavy (non-hydrogen) atoms. The van der Waals surface area contributed by atoms with Gasteiger partial charge in [-0.2, -0.15) is 0 Å². The Morgan fingerprint density at radius 3 is 1.00 bits per heavy atom. The number of aliphatic hydroxyl groups is 1. The maximum Gasteiger partial charge on any atom is 0.220 e. The highest BCUT2D eigenvalue weighted by atomic mass is 16.3. The largest absolute Gasteiger partial charge is 0.394 e. The van der Waals surface area contributed by atoms with E-state index >= 15 is 0 Å². The van der Waals surface area contributed by atoms with Crippen LogP contribution in [0.15, 0.2) is 0 Å². The zero-order valence-electron chi connectivity index (χ0n) is 32.2. The van der Waals surface area contributed by atoms with Gasteiger partial charge in [0.05, 0.1) is 12.6 Å². The Morgan fingerprint density at radius 1 is 0.383 bits per heavy atom. The van der Waals surface area contributed by atoms with E-state index in [0.717, 1.165) is 44.9 Å². The number of rotatable bonds is 38. The summed E-state index contributed by atoms with van der Waals surface area (Å²) in [6, 6.07) is -0.0984. The molecule has 0 bridgehead atoms. The standard InChI is InChI=1S/C42H84N2O3/c1-4-7-10-13-16-18-20-22-25-28-31-34-41(46)43-39(33-30-27-24-15-12-9-6-3)36-37-40(38-45)44-42(47)35-32-29-26-23-21-19-17-14-11-8-5-2/h39-40,45H,4-38H2,1-3H3,(H,43,46)(H,44,47)/t39?,40-/m1/s1. The maximum absolute atomic E-state index is 12.9. The van der Waals surface area contributed by atoms with Crippen LogP contribution in [0.2, 0.25) is 0 Å². The molecule has 0 heterocycles. The van der Waals surface area contributed by atoms with Gasteiger partial charge in [-0.15, -0.1) is 0 Å². The molecule has 2 atom stereocenters. The first-order valence-electron chi connectivity index (χ1n) is 21.3. The van der Waals surface area contributed by atoms with Crippen molar-refractivity contribution in [3.05, 3.63) is 0 Å². The Hall–Kier alpha value is -1.10. The summed E-state index contributed by atoms with van der Waals surface area (Å²) in [5.74, 6) is 0.235. The first-order valence-corrected chi connectivity index (χ1v) is 21.3. The summed E-state index contributed by atoms with van der Waals surface area (Å²) < 4.78 is 0. The third-order valence-corrected chi connectivity index (χ3v) is 9.99. The molecule has 0 spiro atoms. The van der Waals surface area contributed by atoms with E-state index in [0.29, 0.717) is 19.3 Å². The number of aliphatic hydroxyl groups excluding tert-OH is 1. The molecule has 0 rings (SSSR count). The molecule has 0 aromatic heterocycles. The molecule has 2 amide bonds. The summed E-state index contributed by atoms with van der Waals surface area (Å²) in [5.41, 5.74) is 0. The van der Waals surface area contributed by atoms with Gasteiger partial charge in [0, 0.05) is 18.9 Å². The lowest BCUT2D eigenvalue weighted by molar-refractivity contribution is -0.123. The van der Waals surface area contributed by atoms with Crippen molar-refractivity contribution in [1.82, 2.24) is 10.6 Å². The van der Waals surface area contributed by atoms with Crippen LogP contribution in [0.4, 0.5) is 0 Å². The molecule has 5 heteroatoms. The smallest absolute Gasteiger partial charge is 0.220 e. The Kier molecular flexibility index (Phi) is 36.8. The average molecular weight is 665 g/mol. The topological polar surface area (TPSA) is 78.4 Å². The average Bonchev–Trinajstić information content (AvgIpc) is 3.07. The van der Waals surface area contributed by atoms with Crippen LogP contribution in [0.25, 0.3) is 0 Å². The van der Waals surface area contributed by atoms with E-state index in [-0.39, 0.29) is 30.5 Å². The van der Waals surface area contributed by atoms with Crippen LogP contribution in [-0.2, 0) is 9.59 Å². The quantitative estimate of drug-likeness (QED) is 0.0575. The summed E-state index contributed by atoms with van der Waals surface area (Å²) in [6.07, 6.45) is 40.7. The number of nitrogens with one attached hydrogen (secondary N) is 2. The molecule has 0 aliphatic heterocycles. The fraction of sp³-hybridized carbons (Fsp3) is 0.952. The highest BCUT2D eigenvalue weighted by Gasteiger charge is 2.17. The molecule has 0 radical (unpaired) electrons. The van der Waals surface area contributed by atoms with E-state index in [4.69, 9.17) is 0 Å². The minimum Gasteiger partial charge on any atom is -0.394 e. The lowest BCUT2D eigenvalue weighted by Crippen LogP contribution is -2.40. The van der Waals surface area contributed by atoms with Crippen molar-refractivity contribution in [3.63, 3.8) is 0 Å². The van der Waals surface area contributed by atoms with Crippen molar-refractivity contribution in [2.75, 3.05) is 6.61 Å². The minimum absolute atomic E-state index is 0.0408. The van der Waals surface area contributed by atoms with Gasteiger partial charge in [0.25, 0.3) is 0 Å². The lowest BCUT2D eigenvalue weighted by atomic mass is 9.99.